The maximum atomic E-state index is 11.4. The maximum Gasteiger partial charge on any atom is 0.0721 e. The van der Waals surface area contributed by atoms with Crippen LogP contribution in [0.15, 0.2) is 0 Å². The summed E-state index contributed by atoms with van der Waals surface area (Å²) >= 11 is 14.1. The van der Waals surface area contributed by atoms with Gasteiger partial charge in [-0.2, -0.15) is 0 Å². The van der Waals surface area contributed by atoms with Crippen LogP contribution in [0.4, 0.5) is 0 Å². The third kappa shape index (κ3) is 2.35. The van der Waals surface area contributed by atoms with Gasteiger partial charge in [-0.3, -0.25) is 0 Å². The summed E-state index contributed by atoms with van der Waals surface area (Å²) in [7, 11) is 0. The zero-order valence-electron chi connectivity index (χ0n) is 12.3. The van der Waals surface area contributed by atoms with Gasteiger partial charge in [0.25, 0.3) is 0 Å². The summed E-state index contributed by atoms with van der Waals surface area (Å²) in [4.78, 5) is 0.472. The molecule has 0 aromatic rings. The van der Waals surface area contributed by atoms with Crippen molar-refractivity contribution in [2.45, 2.75) is 79.9 Å². The highest BCUT2D eigenvalue weighted by molar-refractivity contribution is 9.10. The number of halogens is 3. The molecule has 0 heterocycles. The first kappa shape index (κ1) is 16.6. The van der Waals surface area contributed by atoms with Crippen molar-refractivity contribution in [3.8, 4) is 0 Å². The van der Waals surface area contributed by atoms with E-state index < -0.39 is 5.60 Å². The van der Waals surface area contributed by atoms with E-state index in [0.717, 1.165) is 25.7 Å². The fraction of sp³-hybridized carbons (Fsp3) is 1.00. The van der Waals surface area contributed by atoms with Crippen LogP contribution in [-0.2, 0) is 0 Å². The topological polar surface area (TPSA) is 20.2 Å². The van der Waals surface area contributed by atoms with Crippen molar-refractivity contribution in [3.63, 3.8) is 0 Å². The van der Waals surface area contributed by atoms with E-state index in [2.05, 4.69) is 59.6 Å². The van der Waals surface area contributed by atoms with Crippen LogP contribution in [-0.4, -0.2) is 25.2 Å². The summed E-state index contributed by atoms with van der Waals surface area (Å²) in [5.74, 6) is 0. The van der Waals surface area contributed by atoms with Gasteiger partial charge in [0.05, 0.1) is 11.0 Å². The van der Waals surface area contributed by atoms with Crippen molar-refractivity contribution >= 4 is 43.5 Å². The molecule has 112 valence electrons. The van der Waals surface area contributed by atoms with Gasteiger partial charge in [-0.25, -0.2) is 0 Å². The first-order chi connectivity index (χ1) is 8.46. The molecule has 0 aliphatic heterocycles. The van der Waals surface area contributed by atoms with Crippen molar-refractivity contribution in [3.05, 3.63) is 0 Å². The molecule has 19 heavy (non-hydrogen) atoms. The predicted octanol–water partition coefficient (Wildman–Crippen LogP) is 5.25. The monoisotopic (exact) mass is 414 g/mol. The molecule has 1 nitrogen and oxygen atoms in total. The van der Waals surface area contributed by atoms with Crippen LogP contribution in [0, 0.1) is 10.8 Å². The van der Waals surface area contributed by atoms with Gasteiger partial charge >= 0.3 is 0 Å². The molecular formula is C15H25Br2ClO. The maximum absolute atomic E-state index is 11.4. The second-order valence-electron chi connectivity index (χ2n) is 7.54. The Bertz CT molecular complexity index is 371. The molecule has 2 saturated carbocycles. The Morgan fingerprint density at radius 1 is 1.11 bits per heavy atom. The molecule has 2 aliphatic rings. The largest absolute Gasteiger partial charge is 0.389 e. The molecule has 4 heteroatoms. The van der Waals surface area contributed by atoms with Crippen LogP contribution in [0.2, 0.25) is 0 Å². The first-order valence-electron chi connectivity index (χ1n) is 7.16. The molecule has 2 aliphatic carbocycles. The van der Waals surface area contributed by atoms with E-state index in [-0.39, 0.29) is 20.5 Å². The Labute approximate surface area is 139 Å². The average Bonchev–Trinajstić information content (AvgIpc) is 2.50. The van der Waals surface area contributed by atoms with Gasteiger partial charge in [-0.05, 0) is 44.4 Å². The third-order valence-corrected chi connectivity index (χ3v) is 9.78. The Morgan fingerprint density at radius 3 is 2.11 bits per heavy atom. The molecule has 0 aromatic carbocycles. The van der Waals surface area contributed by atoms with E-state index in [9.17, 15) is 5.11 Å². The van der Waals surface area contributed by atoms with Gasteiger partial charge in [-0.15, -0.1) is 11.6 Å². The van der Waals surface area contributed by atoms with Gasteiger partial charge in [0.1, 0.15) is 0 Å². The van der Waals surface area contributed by atoms with Crippen LogP contribution in [0.1, 0.15) is 59.8 Å². The van der Waals surface area contributed by atoms with Crippen molar-refractivity contribution in [1.82, 2.24) is 0 Å². The highest BCUT2D eigenvalue weighted by Gasteiger charge is 2.63. The van der Waals surface area contributed by atoms with Crippen molar-refractivity contribution in [2.75, 3.05) is 0 Å². The molecule has 1 N–H and O–H groups in total. The number of hydrogen-bond acceptors (Lipinski definition) is 1. The Kier molecular flexibility index (Phi) is 4.24. The van der Waals surface area contributed by atoms with Crippen LogP contribution >= 0.6 is 43.5 Å². The Hall–Kier alpha value is 1.21. The first-order valence-corrected chi connectivity index (χ1v) is 9.30. The number of rotatable bonds is 1. The van der Waals surface area contributed by atoms with E-state index in [1.807, 2.05) is 0 Å². The van der Waals surface area contributed by atoms with Crippen LogP contribution in [0.3, 0.4) is 0 Å². The van der Waals surface area contributed by atoms with Crippen LogP contribution in [0.5, 0.6) is 0 Å². The second kappa shape index (κ2) is 4.86. The predicted molar refractivity (Wildman–Crippen MR) is 89.6 cm³/mol. The number of hydrogen-bond donors (Lipinski definition) is 1. The minimum absolute atomic E-state index is 0.0201. The molecule has 2 rings (SSSR count). The van der Waals surface area contributed by atoms with Crippen LogP contribution in [0.25, 0.3) is 0 Å². The van der Waals surface area contributed by atoms with Crippen molar-refractivity contribution < 1.29 is 5.11 Å². The fourth-order valence-electron chi connectivity index (χ4n) is 4.00. The van der Waals surface area contributed by atoms with E-state index in [1.165, 1.54) is 0 Å². The standard InChI is InChI=1S/C15H25Br2ClO/c1-12(2)10(16)5-6-14(12,4)15(19)8-7-13(3,17)11(18)9-15/h10-11,19H,5-9H2,1-4H3/t10-,11-,13-,14+,15+/m0/s1. The summed E-state index contributed by atoms with van der Waals surface area (Å²) in [6.45, 7) is 8.96. The zero-order chi connectivity index (χ0) is 14.7. The second-order valence-corrected chi connectivity index (χ2v) is 11.0. The SMILES string of the molecule is CC1(C)[C@@H](Br)CC[C@@]1(C)[C@@]1(O)CC[C@](C)(Br)[C@@H](Cl)C1. The number of aliphatic hydroxyl groups is 1. The highest BCUT2D eigenvalue weighted by Crippen LogP contribution is 2.64. The normalized spacial score (nSPS) is 54.3. The van der Waals surface area contributed by atoms with Crippen molar-refractivity contribution in [2.24, 2.45) is 10.8 Å². The zero-order valence-corrected chi connectivity index (χ0v) is 16.2. The quantitative estimate of drug-likeness (QED) is 0.579. The highest BCUT2D eigenvalue weighted by atomic mass is 79.9. The number of alkyl halides is 3. The minimum atomic E-state index is -0.654. The van der Waals surface area contributed by atoms with Crippen molar-refractivity contribution in [1.29, 1.82) is 0 Å². The molecule has 0 unspecified atom stereocenters. The molecule has 0 bridgehead atoms. The lowest BCUT2D eigenvalue weighted by Crippen LogP contribution is -2.58. The minimum Gasteiger partial charge on any atom is -0.389 e. The van der Waals surface area contributed by atoms with E-state index in [1.54, 1.807) is 0 Å². The third-order valence-electron chi connectivity index (χ3n) is 6.33. The van der Waals surface area contributed by atoms with Gasteiger partial charge in [0.15, 0.2) is 0 Å². The molecule has 0 radical (unpaired) electrons. The molecular weight excluding hydrogens is 391 g/mol. The molecule has 2 fully saturated rings. The van der Waals surface area contributed by atoms with E-state index >= 15 is 0 Å². The van der Waals surface area contributed by atoms with Gasteiger partial charge < -0.3 is 5.11 Å². The molecule has 0 saturated heterocycles. The summed E-state index contributed by atoms with van der Waals surface area (Å²) in [5.41, 5.74) is -0.651. The molecule has 5 atom stereocenters. The van der Waals surface area contributed by atoms with Gasteiger partial charge in [0.2, 0.25) is 0 Å². The average molecular weight is 417 g/mol. The molecule has 0 aromatic heterocycles. The Morgan fingerprint density at radius 2 is 1.68 bits per heavy atom. The van der Waals surface area contributed by atoms with E-state index in [0.29, 0.717) is 11.2 Å². The lowest BCUT2D eigenvalue weighted by Gasteiger charge is -2.56. The lowest BCUT2D eigenvalue weighted by molar-refractivity contribution is -0.142. The van der Waals surface area contributed by atoms with E-state index in [4.69, 9.17) is 11.6 Å². The van der Waals surface area contributed by atoms with Crippen LogP contribution < -0.4 is 0 Å². The van der Waals surface area contributed by atoms with Gasteiger partial charge in [-0.1, -0.05) is 52.6 Å². The molecule has 0 spiro atoms. The Balaban J connectivity index is 2.31. The fourth-order valence-corrected chi connectivity index (χ4v) is 5.46. The van der Waals surface area contributed by atoms with Gasteiger partial charge in [0, 0.05) is 14.6 Å². The lowest BCUT2D eigenvalue weighted by atomic mass is 9.55. The summed E-state index contributed by atoms with van der Waals surface area (Å²) in [6, 6.07) is 0. The summed E-state index contributed by atoms with van der Waals surface area (Å²) in [5, 5.41) is 11.3. The summed E-state index contributed by atoms with van der Waals surface area (Å²) < 4.78 is -0.0479. The molecule has 0 amide bonds. The summed E-state index contributed by atoms with van der Waals surface area (Å²) in [6.07, 6.45) is 4.63. The smallest absolute Gasteiger partial charge is 0.0721 e.